The number of hydrogen-bond donors (Lipinski definition) is 1. The number of anilines is 1. The number of nitrogens with zero attached hydrogens (tertiary/aromatic N) is 2. The van der Waals surface area contributed by atoms with E-state index in [0.29, 0.717) is 17.2 Å². The summed E-state index contributed by atoms with van der Waals surface area (Å²) in [5.74, 6) is -0.0941. The lowest BCUT2D eigenvalue weighted by Crippen LogP contribution is -2.10. The molecule has 1 fully saturated rings. The smallest absolute Gasteiger partial charge is 0.265 e. The predicted octanol–water partition coefficient (Wildman–Crippen LogP) is 3.31. The molecule has 1 N–H and O–H groups in total. The molecule has 2 aromatic heterocycles. The van der Waals surface area contributed by atoms with Crippen LogP contribution in [0.5, 0.6) is 0 Å². The molecule has 112 valence electrons. The number of aromatic nitrogens is 2. The summed E-state index contributed by atoms with van der Waals surface area (Å²) in [6.45, 7) is 1.46. The Balaban J connectivity index is 1.51. The highest BCUT2D eigenvalue weighted by Gasteiger charge is 2.19. The molecule has 0 saturated carbocycles. The number of fused-ring (bicyclic) bond motifs is 1. The van der Waals surface area contributed by atoms with Gasteiger partial charge in [0, 0.05) is 17.5 Å². The Bertz CT molecular complexity index is 785. The highest BCUT2D eigenvalue weighted by molar-refractivity contribution is 7.20. The molecular formula is C16H15N3O2S. The molecule has 1 aliphatic heterocycles. The molecule has 6 heteroatoms. The van der Waals surface area contributed by atoms with Crippen LogP contribution in [0.1, 0.15) is 22.1 Å². The molecule has 0 unspecified atom stereocenters. The van der Waals surface area contributed by atoms with Gasteiger partial charge in [-0.3, -0.25) is 9.48 Å². The molecule has 1 atom stereocenters. The van der Waals surface area contributed by atoms with Crippen molar-refractivity contribution in [2.24, 2.45) is 0 Å². The van der Waals surface area contributed by atoms with Crippen molar-refractivity contribution < 1.29 is 9.53 Å². The summed E-state index contributed by atoms with van der Waals surface area (Å²) < 4.78 is 8.34. The quantitative estimate of drug-likeness (QED) is 0.807. The van der Waals surface area contributed by atoms with Crippen molar-refractivity contribution in [3.8, 4) is 0 Å². The Morgan fingerprint density at radius 1 is 1.41 bits per heavy atom. The highest BCUT2D eigenvalue weighted by atomic mass is 32.1. The Labute approximate surface area is 131 Å². The van der Waals surface area contributed by atoms with Crippen molar-refractivity contribution in [3.63, 3.8) is 0 Å². The van der Waals surface area contributed by atoms with Gasteiger partial charge in [-0.05, 0) is 23.9 Å². The molecule has 22 heavy (non-hydrogen) atoms. The fourth-order valence-corrected chi connectivity index (χ4v) is 3.58. The molecule has 1 saturated heterocycles. The van der Waals surface area contributed by atoms with Crippen molar-refractivity contribution >= 4 is 33.0 Å². The first kappa shape index (κ1) is 13.5. The molecule has 3 aromatic rings. The maximum Gasteiger partial charge on any atom is 0.265 e. The van der Waals surface area contributed by atoms with Gasteiger partial charge in [-0.2, -0.15) is 5.10 Å². The number of ether oxygens (including phenoxy) is 1. The summed E-state index contributed by atoms with van der Waals surface area (Å²) in [5.41, 5.74) is 0.717. The van der Waals surface area contributed by atoms with Crippen LogP contribution in [0.25, 0.3) is 10.1 Å². The number of rotatable bonds is 3. The van der Waals surface area contributed by atoms with E-state index in [0.717, 1.165) is 23.1 Å². The first-order chi connectivity index (χ1) is 10.8. The van der Waals surface area contributed by atoms with Crippen LogP contribution < -0.4 is 5.32 Å². The second kappa shape index (κ2) is 5.55. The third kappa shape index (κ3) is 2.51. The fourth-order valence-electron chi connectivity index (χ4n) is 2.62. The van der Waals surface area contributed by atoms with E-state index < -0.39 is 0 Å². The molecular weight excluding hydrogens is 298 g/mol. The van der Waals surface area contributed by atoms with Gasteiger partial charge in [0.2, 0.25) is 0 Å². The first-order valence-electron chi connectivity index (χ1n) is 7.21. The lowest BCUT2D eigenvalue weighted by molar-refractivity contribution is 0.103. The van der Waals surface area contributed by atoms with E-state index in [1.807, 2.05) is 41.2 Å². The zero-order valence-electron chi connectivity index (χ0n) is 11.9. The maximum atomic E-state index is 12.4. The van der Waals surface area contributed by atoms with Gasteiger partial charge in [0.25, 0.3) is 5.91 Å². The van der Waals surface area contributed by atoms with Crippen LogP contribution in [0.15, 0.2) is 42.7 Å². The van der Waals surface area contributed by atoms with Crippen LogP contribution in [-0.2, 0) is 4.74 Å². The number of thiophene rings is 1. The van der Waals surface area contributed by atoms with E-state index >= 15 is 0 Å². The molecule has 1 aliphatic rings. The topological polar surface area (TPSA) is 56.2 Å². The van der Waals surface area contributed by atoms with Crippen LogP contribution >= 0.6 is 11.3 Å². The summed E-state index contributed by atoms with van der Waals surface area (Å²) in [5, 5.41) is 8.32. The maximum absolute atomic E-state index is 12.4. The molecule has 1 aromatic carbocycles. The molecule has 5 nitrogen and oxygen atoms in total. The minimum absolute atomic E-state index is 0.0941. The van der Waals surface area contributed by atoms with Crippen LogP contribution in [0.3, 0.4) is 0 Å². The van der Waals surface area contributed by atoms with Crippen molar-refractivity contribution in [1.29, 1.82) is 0 Å². The van der Waals surface area contributed by atoms with Gasteiger partial charge in [0.15, 0.2) is 0 Å². The number of nitrogens with one attached hydrogen (secondary N) is 1. The molecule has 0 bridgehead atoms. The minimum atomic E-state index is -0.0941. The molecule has 4 rings (SSSR count). The van der Waals surface area contributed by atoms with E-state index in [9.17, 15) is 4.79 Å². The Morgan fingerprint density at radius 2 is 2.32 bits per heavy atom. The average molecular weight is 313 g/mol. The van der Waals surface area contributed by atoms with Crippen LogP contribution in [0.2, 0.25) is 0 Å². The van der Waals surface area contributed by atoms with Crippen molar-refractivity contribution in [1.82, 2.24) is 9.78 Å². The summed E-state index contributed by atoms with van der Waals surface area (Å²) in [6, 6.07) is 10.2. The van der Waals surface area contributed by atoms with Gasteiger partial charge in [-0.1, -0.05) is 18.2 Å². The second-order valence-corrected chi connectivity index (χ2v) is 6.41. The summed E-state index contributed by atoms with van der Waals surface area (Å²) in [6.07, 6.45) is 4.51. The zero-order valence-corrected chi connectivity index (χ0v) is 12.7. The van der Waals surface area contributed by atoms with Gasteiger partial charge >= 0.3 is 0 Å². The highest BCUT2D eigenvalue weighted by Crippen LogP contribution is 2.26. The third-order valence-corrected chi connectivity index (χ3v) is 4.90. The van der Waals surface area contributed by atoms with E-state index in [1.165, 1.54) is 11.3 Å². The van der Waals surface area contributed by atoms with Gasteiger partial charge in [0.1, 0.15) is 0 Å². The zero-order chi connectivity index (χ0) is 14.9. The molecule has 3 heterocycles. The monoisotopic (exact) mass is 313 g/mol. The fraction of sp³-hybridized carbons (Fsp3) is 0.250. The predicted molar refractivity (Wildman–Crippen MR) is 86.5 cm³/mol. The molecule has 0 aliphatic carbocycles. The number of hydrogen-bond acceptors (Lipinski definition) is 4. The number of benzene rings is 1. The van der Waals surface area contributed by atoms with Gasteiger partial charge in [0.05, 0.1) is 29.4 Å². The minimum Gasteiger partial charge on any atom is -0.379 e. The molecule has 0 radical (unpaired) electrons. The lowest BCUT2D eigenvalue weighted by atomic mass is 10.2. The van der Waals surface area contributed by atoms with E-state index in [4.69, 9.17) is 4.74 Å². The average Bonchev–Trinajstić information content (AvgIpc) is 3.26. The van der Waals surface area contributed by atoms with Crippen LogP contribution in [-0.4, -0.2) is 28.9 Å². The van der Waals surface area contributed by atoms with E-state index in [2.05, 4.69) is 10.4 Å². The van der Waals surface area contributed by atoms with E-state index in [1.54, 1.807) is 6.20 Å². The van der Waals surface area contributed by atoms with Gasteiger partial charge in [-0.25, -0.2) is 0 Å². The Kier molecular flexibility index (Phi) is 3.40. The lowest BCUT2D eigenvalue weighted by Gasteiger charge is -2.06. The first-order valence-corrected chi connectivity index (χ1v) is 8.03. The second-order valence-electron chi connectivity index (χ2n) is 5.33. The van der Waals surface area contributed by atoms with Crippen molar-refractivity contribution in [2.45, 2.75) is 12.5 Å². The normalized spacial score (nSPS) is 17.9. The number of carbonyl (C=O) groups is 1. The number of amides is 1. The standard InChI is InChI=1S/C16H15N3O2S/c20-16(15-7-11-3-1-2-4-14(11)22-15)18-12-8-17-19(9-12)13-5-6-21-10-13/h1-4,7-9,13H,5-6,10H2,(H,18,20)/t13-/m1/s1. The van der Waals surface area contributed by atoms with Crippen molar-refractivity contribution in [2.75, 3.05) is 18.5 Å². The molecule has 1 amide bonds. The molecule has 0 spiro atoms. The van der Waals surface area contributed by atoms with Crippen LogP contribution in [0.4, 0.5) is 5.69 Å². The SMILES string of the molecule is O=C(Nc1cnn([C@@H]2CCOC2)c1)c1cc2ccccc2s1. The van der Waals surface area contributed by atoms with Crippen LogP contribution in [0, 0.1) is 0 Å². The van der Waals surface area contributed by atoms with Gasteiger partial charge in [-0.15, -0.1) is 11.3 Å². The Hall–Kier alpha value is -2.18. The summed E-state index contributed by atoms with van der Waals surface area (Å²) >= 11 is 1.50. The Morgan fingerprint density at radius 3 is 3.14 bits per heavy atom. The van der Waals surface area contributed by atoms with Gasteiger partial charge < -0.3 is 10.1 Å². The van der Waals surface area contributed by atoms with E-state index in [-0.39, 0.29) is 11.9 Å². The largest absolute Gasteiger partial charge is 0.379 e. The third-order valence-electron chi connectivity index (χ3n) is 3.79. The van der Waals surface area contributed by atoms with Crippen molar-refractivity contribution in [3.05, 3.63) is 47.6 Å². The number of carbonyl (C=O) groups excluding carboxylic acids is 1. The summed E-state index contributed by atoms with van der Waals surface area (Å²) in [7, 11) is 0. The summed E-state index contributed by atoms with van der Waals surface area (Å²) in [4.78, 5) is 13.1.